The molecule has 0 bridgehead atoms. The molecule has 0 amide bonds. The van der Waals surface area contributed by atoms with Gasteiger partial charge in [-0.2, -0.15) is 0 Å². The van der Waals surface area contributed by atoms with Gasteiger partial charge in [0.05, 0.1) is 0 Å². The Bertz CT molecular complexity index is 194. The molecule has 0 aliphatic carbocycles. The zero-order chi connectivity index (χ0) is 6.69. The van der Waals surface area contributed by atoms with E-state index < -0.39 is 11.4 Å². The summed E-state index contributed by atoms with van der Waals surface area (Å²) in [6.07, 6.45) is 0. The Hall–Kier alpha value is -0.390. The van der Waals surface area contributed by atoms with Crippen molar-refractivity contribution in [1.82, 2.24) is 0 Å². The van der Waals surface area contributed by atoms with Gasteiger partial charge in [-0.25, -0.2) is 4.21 Å². The van der Waals surface area contributed by atoms with Gasteiger partial charge in [-0.3, -0.25) is 0 Å². The van der Waals surface area contributed by atoms with E-state index >= 15 is 0 Å². The van der Waals surface area contributed by atoms with Crippen molar-refractivity contribution in [1.29, 1.82) is 0 Å². The van der Waals surface area contributed by atoms with Crippen LogP contribution in [0.1, 0.15) is 0 Å². The van der Waals surface area contributed by atoms with Crippen LogP contribution in [-0.2, 0) is 11.4 Å². The quantitative estimate of drug-likeness (QED) is 0.609. The fraction of sp³-hybridized carbons (Fsp3) is 0. The molecule has 1 aromatic rings. The highest BCUT2D eigenvalue weighted by atomic mass is 32.2. The molecule has 50 valence electrons. The van der Waals surface area contributed by atoms with Crippen molar-refractivity contribution in [2.75, 3.05) is 0 Å². The summed E-state index contributed by atoms with van der Waals surface area (Å²) in [7, 11) is 0. The number of hydrogen-bond acceptors (Lipinski definition) is 4. The van der Waals surface area contributed by atoms with Crippen molar-refractivity contribution in [2.45, 2.75) is 0 Å². The molecule has 1 unspecified atom stereocenters. The molecule has 9 heavy (non-hydrogen) atoms. The first-order valence-electron chi connectivity index (χ1n) is 2.10. The van der Waals surface area contributed by atoms with Gasteiger partial charge in [0, 0.05) is 0 Å². The lowest BCUT2D eigenvalue weighted by Crippen LogP contribution is -1.95. The summed E-state index contributed by atoms with van der Waals surface area (Å²) in [5.74, 6) is 0. The Morgan fingerprint density at radius 2 is 2.56 bits per heavy atom. The smallest absolute Gasteiger partial charge is 0.192 e. The number of rotatable bonds is 2. The van der Waals surface area contributed by atoms with Gasteiger partial charge in [0.1, 0.15) is 11.4 Å². The standard InChI is InChI=1S/C4H4O3S2/c5-9(6)7-4-2-1-3-8-4/h1-3H,(H,5,6)/p-1. The molecule has 0 radical (unpaired) electrons. The molecule has 1 atom stereocenters. The van der Waals surface area contributed by atoms with Crippen LogP contribution in [-0.4, -0.2) is 8.76 Å². The zero-order valence-electron chi connectivity index (χ0n) is 4.27. The molecule has 0 saturated heterocycles. The molecule has 0 aliphatic heterocycles. The van der Waals surface area contributed by atoms with Gasteiger partial charge in [0.25, 0.3) is 0 Å². The van der Waals surface area contributed by atoms with Crippen LogP contribution in [0.5, 0.6) is 5.06 Å². The zero-order valence-corrected chi connectivity index (χ0v) is 5.91. The minimum Gasteiger partial charge on any atom is -0.740 e. The van der Waals surface area contributed by atoms with Crippen molar-refractivity contribution in [3.8, 4) is 5.06 Å². The molecule has 5 heteroatoms. The summed E-state index contributed by atoms with van der Waals surface area (Å²) in [6.45, 7) is 0. The Morgan fingerprint density at radius 1 is 1.78 bits per heavy atom. The summed E-state index contributed by atoms with van der Waals surface area (Å²) in [6, 6.07) is 3.30. The third-order valence-corrected chi connectivity index (χ3v) is 1.81. The first kappa shape index (κ1) is 6.73. The highest BCUT2D eigenvalue weighted by molar-refractivity contribution is 7.74. The lowest BCUT2D eigenvalue weighted by Gasteiger charge is -2.01. The van der Waals surface area contributed by atoms with E-state index in [9.17, 15) is 8.76 Å². The summed E-state index contributed by atoms with van der Waals surface area (Å²) >= 11 is -1.20. The van der Waals surface area contributed by atoms with Gasteiger partial charge >= 0.3 is 0 Å². The number of hydrogen-bond donors (Lipinski definition) is 0. The van der Waals surface area contributed by atoms with E-state index in [0.29, 0.717) is 5.06 Å². The lowest BCUT2D eigenvalue weighted by atomic mass is 10.7. The van der Waals surface area contributed by atoms with E-state index in [0.717, 1.165) is 0 Å². The van der Waals surface area contributed by atoms with Gasteiger partial charge in [0.2, 0.25) is 0 Å². The van der Waals surface area contributed by atoms with Gasteiger partial charge in [-0.05, 0) is 17.5 Å². The second-order valence-electron chi connectivity index (χ2n) is 1.22. The van der Waals surface area contributed by atoms with Crippen LogP contribution in [0.2, 0.25) is 0 Å². The topological polar surface area (TPSA) is 49.4 Å². The molecule has 0 saturated carbocycles. The van der Waals surface area contributed by atoms with E-state index in [1.54, 1.807) is 17.5 Å². The molecule has 1 aromatic heterocycles. The van der Waals surface area contributed by atoms with Crippen LogP contribution in [0.15, 0.2) is 17.5 Å². The Morgan fingerprint density at radius 3 is 3.00 bits per heavy atom. The molecule has 0 N–H and O–H groups in total. The fourth-order valence-electron chi connectivity index (χ4n) is 0.378. The van der Waals surface area contributed by atoms with Crippen LogP contribution in [0.3, 0.4) is 0 Å². The summed E-state index contributed by atoms with van der Waals surface area (Å²) in [4.78, 5) is 0. The van der Waals surface area contributed by atoms with Gasteiger partial charge in [-0.15, -0.1) is 11.3 Å². The average molecular weight is 163 g/mol. The van der Waals surface area contributed by atoms with E-state index in [1.165, 1.54) is 11.3 Å². The molecule has 0 fully saturated rings. The maximum Gasteiger partial charge on any atom is 0.192 e. The first-order valence-corrected chi connectivity index (χ1v) is 3.98. The molecular formula is C4H3O3S2-. The maximum absolute atomic E-state index is 9.85. The molecule has 0 aliphatic rings. The third-order valence-electron chi connectivity index (χ3n) is 0.645. The Kier molecular flexibility index (Phi) is 2.21. The molecule has 1 heterocycles. The van der Waals surface area contributed by atoms with E-state index in [4.69, 9.17) is 0 Å². The number of thiophene rings is 1. The SMILES string of the molecule is O=S([O-])Oc1cccs1. The molecular weight excluding hydrogens is 160 g/mol. The van der Waals surface area contributed by atoms with Gasteiger partial charge in [0.15, 0.2) is 5.06 Å². The van der Waals surface area contributed by atoms with Crippen LogP contribution in [0.4, 0.5) is 0 Å². The third kappa shape index (κ3) is 2.13. The predicted octanol–water partition coefficient (Wildman–Crippen LogP) is 0.921. The monoisotopic (exact) mass is 163 g/mol. The van der Waals surface area contributed by atoms with Crippen molar-refractivity contribution in [2.24, 2.45) is 0 Å². The molecule has 1 rings (SSSR count). The largest absolute Gasteiger partial charge is 0.740 e. The molecule has 3 nitrogen and oxygen atoms in total. The summed E-state index contributed by atoms with van der Waals surface area (Å²) in [5, 5.41) is 2.13. The van der Waals surface area contributed by atoms with Crippen LogP contribution >= 0.6 is 11.3 Å². The van der Waals surface area contributed by atoms with Crippen molar-refractivity contribution >= 4 is 22.7 Å². The van der Waals surface area contributed by atoms with Crippen LogP contribution in [0, 0.1) is 0 Å². The van der Waals surface area contributed by atoms with Gasteiger partial charge < -0.3 is 8.74 Å². The van der Waals surface area contributed by atoms with Gasteiger partial charge in [-0.1, -0.05) is 0 Å². The first-order chi connectivity index (χ1) is 4.29. The summed E-state index contributed by atoms with van der Waals surface area (Å²) < 4.78 is 24.0. The van der Waals surface area contributed by atoms with E-state index in [2.05, 4.69) is 4.18 Å². The average Bonchev–Trinajstić information content (AvgIpc) is 2.15. The predicted molar refractivity (Wildman–Crippen MR) is 33.9 cm³/mol. The Balaban J connectivity index is 2.58. The second-order valence-corrected chi connectivity index (χ2v) is 2.70. The second kappa shape index (κ2) is 2.95. The maximum atomic E-state index is 9.85. The van der Waals surface area contributed by atoms with Crippen LogP contribution < -0.4 is 4.18 Å². The fourth-order valence-corrected chi connectivity index (χ4v) is 1.34. The minimum absolute atomic E-state index is 0.392. The highest BCUT2D eigenvalue weighted by Crippen LogP contribution is 2.18. The normalized spacial score (nSPS) is 13.0. The Labute approximate surface area is 58.8 Å². The highest BCUT2D eigenvalue weighted by Gasteiger charge is 1.90. The lowest BCUT2D eigenvalue weighted by molar-refractivity contribution is 0.445. The van der Waals surface area contributed by atoms with Crippen molar-refractivity contribution in [3.05, 3.63) is 17.5 Å². The van der Waals surface area contributed by atoms with Crippen LogP contribution in [0.25, 0.3) is 0 Å². The summed E-state index contributed by atoms with van der Waals surface area (Å²) in [5.41, 5.74) is 0. The van der Waals surface area contributed by atoms with Crippen molar-refractivity contribution in [3.63, 3.8) is 0 Å². The minimum atomic E-state index is -2.43. The molecule has 0 spiro atoms. The molecule has 0 aromatic carbocycles. The van der Waals surface area contributed by atoms with Crippen molar-refractivity contribution < 1.29 is 12.9 Å². The van der Waals surface area contributed by atoms with E-state index in [1.807, 2.05) is 0 Å². The van der Waals surface area contributed by atoms with E-state index in [-0.39, 0.29) is 0 Å².